The molecule has 0 fully saturated rings. The smallest absolute Gasteiger partial charge is 0.228 e. The lowest BCUT2D eigenvalue weighted by Crippen LogP contribution is -2.46. The van der Waals surface area contributed by atoms with Crippen molar-refractivity contribution in [3.8, 4) is 5.75 Å². The number of hydrogen-bond donors (Lipinski definition) is 2. The van der Waals surface area contributed by atoms with Crippen LogP contribution in [0.5, 0.6) is 5.75 Å². The molecule has 1 atom stereocenters. The van der Waals surface area contributed by atoms with E-state index >= 15 is 0 Å². The molecule has 0 aromatic heterocycles. The average molecular weight is 297 g/mol. The van der Waals surface area contributed by atoms with Gasteiger partial charge < -0.3 is 15.8 Å². The summed E-state index contributed by atoms with van der Waals surface area (Å²) in [6, 6.07) is 5.31. The fourth-order valence-electron chi connectivity index (χ4n) is 2.57. The second kappa shape index (κ2) is 6.02. The number of nitrogens with one attached hydrogen (secondary N) is 1. The molecule has 0 saturated heterocycles. The number of carbonyl (C=O) groups is 1. The van der Waals surface area contributed by atoms with Gasteiger partial charge in [-0.1, -0.05) is 25.4 Å². The molecule has 1 amide bonds. The van der Waals surface area contributed by atoms with Crippen LogP contribution in [-0.2, 0) is 4.79 Å². The van der Waals surface area contributed by atoms with Crippen molar-refractivity contribution in [1.29, 1.82) is 0 Å². The number of nitrogens with two attached hydrogens (primary N) is 1. The average Bonchev–Trinajstić information content (AvgIpc) is 2.84. The zero-order valence-electron chi connectivity index (χ0n) is 11.9. The van der Waals surface area contributed by atoms with Crippen LogP contribution in [0, 0.1) is 5.41 Å². The Morgan fingerprint density at radius 2 is 2.20 bits per heavy atom. The van der Waals surface area contributed by atoms with Gasteiger partial charge in [0.2, 0.25) is 5.91 Å². The molecule has 0 radical (unpaired) electrons. The quantitative estimate of drug-likeness (QED) is 0.878. The lowest BCUT2D eigenvalue weighted by atomic mass is 9.81. The molecule has 1 aromatic carbocycles. The highest BCUT2D eigenvalue weighted by Gasteiger charge is 2.36. The molecule has 20 heavy (non-hydrogen) atoms. The summed E-state index contributed by atoms with van der Waals surface area (Å²) < 4.78 is 5.58. The Balaban J connectivity index is 2.17. The number of fused-ring (bicyclic) bond motifs is 1. The number of halogens is 1. The van der Waals surface area contributed by atoms with Gasteiger partial charge in [0.1, 0.15) is 12.4 Å². The topological polar surface area (TPSA) is 64.4 Å². The van der Waals surface area contributed by atoms with Crippen LogP contribution in [0.1, 0.15) is 38.3 Å². The summed E-state index contributed by atoms with van der Waals surface area (Å²) in [7, 11) is 0. The predicted octanol–water partition coefficient (Wildman–Crippen LogP) is 2.65. The summed E-state index contributed by atoms with van der Waals surface area (Å²) in [6.07, 6.45) is 1.45. The van der Waals surface area contributed by atoms with E-state index in [4.69, 9.17) is 22.1 Å². The van der Waals surface area contributed by atoms with Crippen molar-refractivity contribution in [2.75, 3.05) is 13.2 Å². The molecule has 110 valence electrons. The zero-order chi connectivity index (χ0) is 14.8. The second-order valence-corrected chi connectivity index (χ2v) is 5.65. The molecule has 1 aromatic rings. The number of ether oxygens (including phenoxy) is 1. The van der Waals surface area contributed by atoms with Gasteiger partial charge in [-0.25, -0.2) is 0 Å². The third kappa shape index (κ3) is 2.63. The van der Waals surface area contributed by atoms with Crippen molar-refractivity contribution >= 4 is 17.5 Å². The maximum Gasteiger partial charge on any atom is 0.228 e. The van der Waals surface area contributed by atoms with E-state index in [9.17, 15) is 4.79 Å². The van der Waals surface area contributed by atoms with Crippen LogP contribution >= 0.6 is 11.6 Å². The maximum absolute atomic E-state index is 12.5. The third-order valence-electron chi connectivity index (χ3n) is 4.28. The van der Waals surface area contributed by atoms with Crippen molar-refractivity contribution in [2.24, 2.45) is 11.1 Å². The fourth-order valence-corrected chi connectivity index (χ4v) is 2.75. The van der Waals surface area contributed by atoms with Gasteiger partial charge in [-0.05, 0) is 31.0 Å². The minimum Gasteiger partial charge on any atom is -0.491 e. The molecule has 4 nitrogen and oxygen atoms in total. The van der Waals surface area contributed by atoms with Gasteiger partial charge in [0.15, 0.2) is 0 Å². The number of amides is 1. The molecule has 0 spiro atoms. The van der Waals surface area contributed by atoms with Gasteiger partial charge >= 0.3 is 0 Å². The summed E-state index contributed by atoms with van der Waals surface area (Å²) in [5.74, 6) is 0.775. The summed E-state index contributed by atoms with van der Waals surface area (Å²) in [4.78, 5) is 12.5. The number of hydrogen-bond acceptors (Lipinski definition) is 3. The Bertz CT molecular complexity index is 492. The summed E-state index contributed by atoms with van der Waals surface area (Å²) >= 11 is 6.01. The van der Waals surface area contributed by atoms with Crippen LogP contribution in [0.4, 0.5) is 0 Å². The van der Waals surface area contributed by atoms with E-state index < -0.39 is 5.41 Å². The first-order chi connectivity index (χ1) is 9.56. The van der Waals surface area contributed by atoms with Crippen LogP contribution in [0.25, 0.3) is 0 Å². The molecule has 1 heterocycles. The Labute approximate surface area is 124 Å². The first-order valence-corrected chi connectivity index (χ1v) is 7.37. The molecule has 3 N–H and O–H groups in total. The molecule has 0 saturated carbocycles. The standard InChI is InChI=1S/C15H21ClN2O2/c1-3-15(4-2,9-17)14(19)18-12-8-20-13-6-5-10(16)7-11(12)13/h5-7,12H,3-4,8-9,17H2,1-2H3,(H,18,19). The van der Waals surface area contributed by atoms with Crippen LogP contribution in [0.15, 0.2) is 18.2 Å². The molecule has 1 aliphatic rings. The number of benzene rings is 1. The molecule has 0 bridgehead atoms. The summed E-state index contributed by atoms with van der Waals surface area (Å²) in [5, 5.41) is 3.70. The number of carbonyl (C=O) groups excluding carboxylic acids is 1. The monoisotopic (exact) mass is 296 g/mol. The van der Waals surface area contributed by atoms with Crippen LogP contribution in [0.3, 0.4) is 0 Å². The molecular weight excluding hydrogens is 276 g/mol. The lowest BCUT2D eigenvalue weighted by Gasteiger charge is -2.30. The third-order valence-corrected chi connectivity index (χ3v) is 4.52. The van der Waals surface area contributed by atoms with E-state index in [2.05, 4.69) is 5.32 Å². The highest BCUT2D eigenvalue weighted by molar-refractivity contribution is 6.30. The molecule has 0 aliphatic carbocycles. The first kappa shape index (κ1) is 15.1. The summed E-state index contributed by atoms with van der Waals surface area (Å²) in [6.45, 7) is 4.77. The van der Waals surface area contributed by atoms with Crippen LogP contribution < -0.4 is 15.8 Å². The Morgan fingerprint density at radius 3 is 2.80 bits per heavy atom. The lowest BCUT2D eigenvalue weighted by molar-refractivity contribution is -0.131. The van der Waals surface area contributed by atoms with Gasteiger partial charge in [0.05, 0.1) is 11.5 Å². The van der Waals surface area contributed by atoms with Gasteiger partial charge in [-0.3, -0.25) is 4.79 Å². The summed E-state index contributed by atoms with van der Waals surface area (Å²) in [5.41, 5.74) is 6.25. The molecule has 2 rings (SSSR count). The van der Waals surface area contributed by atoms with Crippen molar-refractivity contribution in [1.82, 2.24) is 5.32 Å². The van der Waals surface area contributed by atoms with Gasteiger partial charge in [-0.15, -0.1) is 0 Å². The predicted molar refractivity (Wildman–Crippen MR) is 79.9 cm³/mol. The number of rotatable bonds is 5. The van der Waals surface area contributed by atoms with Crippen LogP contribution in [-0.4, -0.2) is 19.1 Å². The zero-order valence-corrected chi connectivity index (χ0v) is 12.7. The molecule has 1 aliphatic heterocycles. The van der Waals surface area contributed by atoms with E-state index in [0.717, 1.165) is 24.2 Å². The minimum absolute atomic E-state index is 0.00794. The Morgan fingerprint density at radius 1 is 1.50 bits per heavy atom. The van der Waals surface area contributed by atoms with E-state index in [1.54, 1.807) is 6.07 Å². The van der Waals surface area contributed by atoms with E-state index in [1.165, 1.54) is 0 Å². The molecular formula is C15H21ClN2O2. The highest BCUT2D eigenvalue weighted by atomic mass is 35.5. The fraction of sp³-hybridized carbons (Fsp3) is 0.533. The Kier molecular flexibility index (Phi) is 4.55. The molecule has 5 heteroatoms. The van der Waals surface area contributed by atoms with Gasteiger partial charge in [-0.2, -0.15) is 0 Å². The first-order valence-electron chi connectivity index (χ1n) is 6.99. The van der Waals surface area contributed by atoms with E-state index in [-0.39, 0.29) is 11.9 Å². The van der Waals surface area contributed by atoms with Crippen molar-refractivity contribution < 1.29 is 9.53 Å². The molecule has 1 unspecified atom stereocenters. The maximum atomic E-state index is 12.5. The normalized spacial score (nSPS) is 17.5. The second-order valence-electron chi connectivity index (χ2n) is 5.21. The van der Waals surface area contributed by atoms with Crippen LogP contribution in [0.2, 0.25) is 5.02 Å². The Hall–Kier alpha value is -1.26. The van der Waals surface area contributed by atoms with E-state index in [1.807, 2.05) is 26.0 Å². The largest absolute Gasteiger partial charge is 0.491 e. The highest BCUT2D eigenvalue weighted by Crippen LogP contribution is 2.35. The van der Waals surface area contributed by atoms with Gasteiger partial charge in [0.25, 0.3) is 0 Å². The van der Waals surface area contributed by atoms with Gasteiger partial charge in [0, 0.05) is 17.1 Å². The van der Waals surface area contributed by atoms with E-state index in [0.29, 0.717) is 18.2 Å². The SMILES string of the molecule is CCC(CC)(CN)C(=O)NC1COc2ccc(Cl)cc21. The van der Waals surface area contributed by atoms with Crippen molar-refractivity contribution in [2.45, 2.75) is 32.7 Å². The van der Waals surface area contributed by atoms with Crippen molar-refractivity contribution in [3.05, 3.63) is 28.8 Å². The van der Waals surface area contributed by atoms with Crippen molar-refractivity contribution in [3.63, 3.8) is 0 Å². The minimum atomic E-state index is -0.499.